The van der Waals surface area contributed by atoms with Gasteiger partial charge in [-0.05, 0) is 25.1 Å². The highest BCUT2D eigenvalue weighted by Crippen LogP contribution is 2.32. The van der Waals surface area contributed by atoms with Crippen LogP contribution in [0.1, 0.15) is 23.6 Å². The molecule has 1 unspecified atom stereocenters. The van der Waals surface area contributed by atoms with Crippen LogP contribution in [0, 0.1) is 5.82 Å². The summed E-state index contributed by atoms with van der Waals surface area (Å²) < 4.78 is 24.3. The van der Waals surface area contributed by atoms with Crippen molar-refractivity contribution in [2.75, 3.05) is 7.11 Å². The van der Waals surface area contributed by atoms with Gasteiger partial charge in [0.2, 0.25) is 11.7 Å². The molecule has 3 aromatic rings. The first-order chi connectivity index (χ1) is 11.7. The third-order valence-electron chi connectivity index (χ3n) is 3.60. The molecule has 0 saturated heterocycles. The van der Waals surface area contributed by atoms with Crippen LogP contribution < -0.4 is 4.74 Å². The third kappa shape index (κ3) is 3.76. The van der Waals surface area contributed by atoms with E-state index in [1.165, 1.54) is 6.07 Å². The summed E-state index contributed by atoms with van der Waals surface area (Å²) in [6, 6.07) is 14.3. The van der Waals surface area contributed by atoms with Crippen LogP contribution in [-0.4, -0.2) is 17.3 Å². The first-order valence-corrected chi connectivity index (χ1v) is 8.55. The van der Waals surface area contributed by atoms with Gasteiger partial charge in [-0.15, -0.1) is 11.8 Å². The van der Waals surface area contributed by atoms with Crippen LogP contribution in [0.15, 0.2) is 53.1 Å². The fraction of sp³-hybridized carbons (Fsp3) is 0.222. The number of methoxy groups -OCH3 is 1. The molecule has 2 aromatic carbocycles. The number of halogens is 1. The van der Waals surface area contributed by atoms with Crippen LogP contribution >= 0.6 is 11.8 Å². The molecule has 124 valence electrons. The molecule has 6 heteroatoms. The minimum atomic E-state index is -0.194. The van der Waals surface area contributed by atoms with E-state index >= 15 is 0 Å². The normalized spacial score (nSPS) is 12.1. The summed E-state index contributed by atoms with van der Waals surface area (Å²) in [5.41, 5.74) is 1.51. The maximum Gasteiger partial charge on any atom is 0.236 e. The van der Waals surface area contributed by atoms with E-state index in [9.17, 15) is 4.39 Å². The monoisotopic (exact) mass is 344 g/mol. The Morgan fingerprint density at radius 3 is 2.83 bits per heavy atom. The smallest absolute Gasteiger partial charge is 0.236 e. The molecular weight excluding hydrogens is 327 g/mol. The van der Waals surface area contributed by atoms with Crippen molar-refractivity contribution in [1.29, 1.82) is 0 Å². The Bertz CT molecular complexity index is 822. The van der Waals surface area contributed by atoms with E-state index in [2.05, 4.69) is 10.1 Å². The van der Waals surface area contributed by atoms with E-state index < -0.39 is 0 Å². The third-order valence-corrected chi connectivity index (χ3v) is 4.76. The summed E-state index contributed by atoms with van der Waals surface area (Å²) in [5, 5.41) is 4.00. The van der Waals surface area contributed by atoms with Crippen molar-refractivity contribution in [3.8, 4) is 17.1 Å². The Kier molecular flexibility index (Phi) is 5.15. The molecule has 0 N–H and O–H groups in total. The van der Waals surface area contributed by atoms with Gasteiger partial charge in [-0.3, -0.25) is 0 Å². The minimum absolute atomic E-state index is 0.00151. The summed E-state index contributed by atoms with van der Waals surface area (Å²) in [4.78, 5) is 4.40. The molecule has 0 fully saturated rings. The molecule has 0 aliphatic heterocycles. The Labute approximate surface area is 144 Å². The molecule has 3 rings (SSSR count). The van der Waals surface area contributed by atoms with Crippen LogP contribution in [0.25, 0.3) is 11.4 Å². The molecular formula is C18H17FN2O2S. The first-order valence-electron chi connectivity index (χ1n) is 7.50. The molecule has 1 aromatic heterocycles. The lowest BCUT2D eigenvalue weighted by Gasteiger charge is -2.10. The molecule has 0 aliphatic rings. The molecule has 1 atom stereocenters. The van der Waals surface area contributed by atoms with Gasteiger partial charge in [-0.25, -0.2) is 4.39 Å². The number of nitrogens with zero attached hydrogens (tertiary/aromatic N) is 2. The fourth-order valence-electron chi connectivity index (χ4n) is 2.28. The zero-order valence-corrected chi connectivity index (χ0v) is 14.2. The molecule has 1 heterocycles. The number of rotatable bonds is 6. The molecule has 0 bridgehead atoms. The maximum absolute atomic E-state index is 13.8. The van der Waals surface area contributed by atoms with Crippen molar-refractivity contribution >= 4 is 11.8 Å². The minimum Gasteiger partial charge on any atom is -0.497 e. The number of benzene rings is 2. The molecule has 0 radical (unpaired) electrons. The van der Waals surface area contributed by atoms with Crippen molar-refractivity contribution in [2.45, 2.75) is 17.9 Å². The number of hydrogen-bond acceptors (Lipinski definition) is 5. The number of ether oxygens (including phenoxy) is 1. The van der Waals surface area contributed by atoms with Gasteiger partial charge in [0.05, 0.1) is 12.9 Å². The summed E-state index contributed by atoms with van der Waals surface area (Å²) in [5.74, 6) is 2.09. The SMILES string of the molecule is COc1cccc(-c2noc(CSC(C)c3ccccc3F)n2)c1. The fourth-order valence-corrected chi connectivity index (χ4v) is 3.16. The van der Waals surface area contributed by atoms with Crippen molar-refractivity contribution in [2.24, 2.45) is 0 Å². The molecule has 0 saturated carbocycles. The number of aromatic nitrogens is 2. The predicted octanol–water partition coefficient (Wildman–Crippen LogP) is 4.88. The summed E-state index contributed by atoms with van der Waals surface area (Å²) in [6.45, 7) is 1.96. The van der Waals surface area contributed by atoms with Gasteiger partial charge < -0.3 is 9.26 Å². The molecule has 0 spiro atoms. The highest BCUT2D eigenvalue weighted by Gasteiger charge is 2.14. The molecule has 0 aliphatic carbocycles. The van der Waals surface area contributed by atoms with E-state index in [1.54, 1.807) is 31.0 Å². The van der Waals surface area contributed by atoms with Gasteiger partial charge in [0, 0.05) is 16.4 Å². The molecule has 0 amide bonds. The van der Waals surface area contributed by atoms with Gasteiger partial charge >= 0.3 is 0 Å². The van der Waals surface area contributed by atoms with E-state index in [0.29, 0.717) is 23.0 Å². The highest BCUT2D eigenvalue weighted by atomic mass is 32.2. The van der Waals surface area contributed by atoms with E-state index in [0.717, 1.165) is 11.3 Å². The Morgan fingerprint density at radius 1 is 1.21 bits per heavy atom. The zero-order valence-electron chi connectivity index (χ0n) is 13.4. The average Bonchev–Trinajstić information content (AvgIpc) is 3.09. The summed E-state index contributed by atoms with van der Waals surface area (Å²) >= 11 is 1.55. The maximum atomic E-state index is 13.8. The lowest BCUT2D eigenvalue weighted by Crippen LogP contribution is -1.94. The zero-order chi connectivity index (χ0) is 16.9. The van der Waals surface area contributed by atoms with Crippen molar-refractivity contribution in [3.05, 3.63) is 65.8 Å². The van der Waals surface area contributed by atoms with Gasteiger partial charge in [-0.1, -0.05) is 35.5 Å². The second-order valence-corrected chi connectivity index (χ2v) is 6.55. The van der Waals surface area contributed by atoms with Gasteiger partial charge in [0.1, 0.15) is 11.6 Å². The van der Waals surface area contributed by atoms with Crippen molar-refractivity contribution in [1.82, 2.24) is 10.1 Å². The van der Waals surface area contributed by atoms with E-state index in [-0.39, 0.29) is 11.1 Å². The Balaban J connectivity index is 1.67. The summed E-state index contributed by atoms with van der Waals surface area (Å²) in [7, 11) is 1.61. The van der Waals surface area contributed by atoms with Crippen molar-refractivity contribution in [3.63, 3.8) is 0 Å². The van der Waals surface area contributed by atoms with E-state index in [4.69, 9.17) is 9.26 Å². The number of hydrogen-bond donors (Lipinski definition) is 0. The topological polar surface area (TPSA) is 48.2 Å². The van der Waals surface area contributed by atoms with Crippen LogP contribution in [0.5, 0.6) is 5.75 Å². The van der Waals surface area contributed by atoms with Crippen LogP contribution in [0.3, 0.4) is 0 Å². The lowest BCUT2D eigenvalue weighted by atomic mass is 10.1. The highest BCUT2D eigenvalue weighted by molar-refractivity contribution is 7.98. The molecule has 4 nitrogen and oxygen atoms in total. The van der Waals surface area contributed by atoms with E-state index in [1.807, 2.05) is 37.3 Å². The van der Waals surface area contributed by atoms with Crippen LogP contribution in [-0.2, 0) is 5.75 Å². The first kappa shape index (κ1) is 16.5. The molecule has 24 heavy (non-hydrogen) atoms. The number of thioether (sulfide) groups is 1. The van der Waals surface area contributed by atoms with Gasteiger partial charge in [-0.2, -0.15) is 4.98 Å². The van der Waals surface area contributed by atoms with Gasteiger partial charge in [0.25, 0.3) is 0 Å². The van der Waals surface area contributed by atoms with Crippen LogP contribution in [0.2, 0.25) is 0 Å². The quantitative estimate of drug-likeness (QED) is 0.638. The second kappa shape index (κ2) is 7.49. The van der Waals surface area contributed by atoms with Crippen molar-refractivity contribution < 1.29 is 13.7 Å². The standard InChI is InChI=1S/C18H17FN2O2S/c1-12(15-8-3-4-9-16(15)19)24-11-17-20-18(21-23-17)13-6-5-7-14(10-13)22-2/h3-10,12H,11H2,1-2H3. The lowest BCUT2D eigenvalue weighted by molar-refractivity contribution is 0.391. The predicted molar refractivity (Wildman–Crippen MR) is 92.4 cm³/mol. The largest absolute Gasteiger partial charge is 0.497 e. The summed E-state index contributed by atoms with van der Waals surface area (Å²) in [6.07, 6.45) is 0. The average molecular weight is 344 g/mol. The Hall–Kier alpha value is -2.34. The Morgan fingerprint density at radius 2 is 2.04 bits per heavy atom. The van der Waals surface area contributed by atoms with Gasteiger partial charge in [0.15, 0.2) is 0 Å². The second-order valence-electron chi connectivity index (χ2n) is 5.22. The van der Waals surface area contributed by atoms with Crippen LogP contribution in [0.4, 0.5) is 4.39 Å².